The van der Waals surface area contributed by atoms with Crippen LogP contribution in [0.25, 0.3) is 0 Å². The van der Waals surface area contributed by atoms with Crippen LogP contribution in [0.3, 0.4) is 0 Å². The van der Waals surface area contributed by atoms with Crippen LogP contribution < -0.4 is 9.47 Å². The maximum Gasteiger partial charge on any atom is 0.177 e. The fourth-order valence-electron chi connectivity index (χ4n) is 2.63. The van der Waals surface area contributed by atoms with Gasteiger partial charge in [-0.1, -0.05) is 35.4 Å². The van der Waals surface area contributed by atoms with E-state index in [9.17, 15) is 9.59 Å². The Morgan fingerprint density at radius 1 is 0.667 bits per heavy atom. The number of ether oxygens (including phenoxy) is 2. The monoisotopic (exact) mass is 324 g/mol. The Morgan fingerprint density at radius 3 is 1.33 bits per heavy atom. The number of hydrogen-bond acceptors (Lipinski definition) is 4. The van der Waals surface area contributed by atoms with Gasteiger partial charge in [0.25, 0.3) is 0 Å². The minimum atomic E-state index is -0.724. The predicted octanol–water partition coefficient (Wildman–Crippen LogP) is 3.43. The van der Waals surface area contributed by atoms with Gasteiger partial charge in [0.05, 0.1) is 12.8 Å². The van der Waals surface area contributed by atoms with Crippen LogP contribution in [-0.4, -0.2) is 23.8 Å². The first kappa shape index (κ1) is 16.2. The molecule has 0 spiro atoms. The zero-order valence-corrected chi connectivity index (χ0v) is 13.8. The van der Waals surface area contributed by atoms with Crippen LogP contribution in [0.4, 0.5) is 0 Å². The highest BCUT2D eigenvalue weighted by Crippen LogP contribution is 2.23. The van der Waals surface area contributed by atoms with Gasteiger partial charge in [-0.15, -0.1) is 0 Å². The third-order valence-corrected chi connectivity index (χ3v) is 4.09. The number of ketones is 2. The Kier molecular flexibility index (Phi) is 4.65. The molecule has 0 amide bonds. The van der Waals surface area contributed by atoms with Gasteiger partial charge in [0.2, 0.25) is 0 Å². The topological polar surface area (TPSA) is 52.6 Å². The second kappa shape index (κ2) is 6.87. The van der Waals surface area contributed by atoms with Crippen molar-refractivity contribution in [1.82, 2.24) is 0 Å². The van der Waals surface area contributed by atoms with Crippen LogP contribution in [0.1, 0.15) is 24.0 Å². The van der Waals surface area contributed by atoms with Crippen molar-refractivity contribution in [2.45, 2.75) is 38.9 Å². The summed E-state index contributed by atoms with van der Waals surface area (Å²) in [6.45, 7) is 3.96. The van der Waals surface area contributed by atoms with E-state index in [0.29, 0.717) is 11.5 Å². The van der Waals surface area contributed by atoms with E-state index >= 15 is 0 Å². The molecular formula is C20H20O4. The lowest BCUT2D eigenvalue weighted by Crippen LogP contribution is -2.44. The average molecular weight is 324 g/mol. The number of carbonyl (C=O) groups is 2. The highest BCUT2D eigenvalue weighted by atomic mass is 16.5. The number of Topliss-reactive ketones (excluding diaryl/α,β-unsaturated/α-hetero) is 2. The van der Waals surface area contributed by atoms with E-state index in [2.05, 4.69) is 0 Å². The molecule has 1 saturated carbocycles. The SMILES string of the molecule is Cc1ccc(OC2CC(=O)C(Oc3ccc(C)cc3)CC2=O)cc1. The standard InChI is InChI=1S/C20H20O4/c1-13-3-7-15(8-4-13)23-19-11-18(22)20(12-17(19)21)24-16-9-5-14(2)6-10-16/h3-10,19-20H,11-12H2,1-2H3. The van der Waals surface area contributed by atoms with E-state index in [4.69, 9.17) is 9.47 Å². The Hall–Kier alpha value is -2.62. The highest BCUT2D eigenvalue weighted by Gasteiger charge is 2.37. The van der Waals surface area contributed by atoms with Crippen molar-refractivity contribution in [3.8, 4) is 11.5 Å². The molecule has 0 heterocycles. The van der Waals surface area contributed by atoms with Crippen LogP contribution in [0.2, 0.25) is 0 Å². The van der Waals surface area contributed by atoms with Gasteiger partial charge in [0.15, 0.2) is 23.8 Å². The molecule has 0 saturated heterocycles. The summed E-state index contributed by atoms with van der Waals surface area (Å²) >= 11 is 0. The van der Waals surface area contributed by atoms with Crippen molar-refractivity contribution >= 4 is 11.6 Å². The smallest absolute Gasteiger partial charge is 0.177 e. The summed E-state index contributed by atoms with van der Waals surface area (Å²) in [6.07, 6.45) is -1.36. The van der Waals surface area contributed by atoms with Crippen molar-refractivity contribution in [2.24, 2.45) is 0 Å². The third-order valence-electron chi connectivity index (χ3n) is 4.09. The van der Waals surface area contributed by atoms with E-state index < -0.39 is 12.2 Å². The molecule has 124 valence electrons. The summed E-state index contributed by atoms with van der Waals surface area (Å²) in [4.78, 5) is 24.6. The van der Waals surface area contributed by atoms with Gasteiger partial charge < -0.3 is 9.47 Å². The fourth-order valence-corrected chi connectivity index (χ4v) is 2.63. The lowest BCUT2D eigenvalue weighted by molar-refractivity contribution is -0.142. The first-order valence-corrected chi connectivity index (χ1v) is 8.03. The summed E-state index contributed by atoms with van der Waals surface area (Å²) in [5.41, 5.74) is 2.22. The zero-order valence-electron chi connectivity index (χ0n) is 13.8. The quantitative estimate of drug-likeness (QED) is 0.864. The third kappa shape index (κ3) is 3.82. The molecule has 2 unspecified atom stereocenters. The molecule has 0 aromatic heterocycles. The van der Waals surface area contributed by atoms with E-state index in [1.807, 2.05) is 62.4 Å². The maximum atomic E-state index is 12.3. The highest BCUT2D eigenvalue weighted by molar-refractivity contribution is 5.99. The molecule has 24 heavy (non-hydrogen) atoms. The second-order valence-corrected chi connectivity index (χ2v) is 6.18. The van der Waals surface area contributed by atoms with Crippen LogP contribution in [0.15, 0.2) is 48.5 Å². The molecule has 1 aliphatic carbocycles. The number of hydrogen-bond donors (Lipinski definition) is 0. The van der Waals surface area contributed by atoms with Crippen molar-refractivity contribution in [2.75, 3.05) is 0 Å². The Labute approximate surface area is 141 Å². The molecule has 0 N–H and O–H groups in total. The van der Waals surface area contributed by atoms with Gasteiger partial charge in [0, 0.05) is 0 Å². The van der Waals surface area contributed by atoms with E-state index in [1.54, 1.807) is 0 Å². The Balaban J connectivity index is 1.63. The van der Waals surface area contributed by atoms with Crippen molar-refractivity contribution in [1.29, 1.82) is 0 Å². The number of aryl methyl sites for hydroxylation is 2. The molecule has 1 aliphatic rings. The van der Waals surface area contributed by atoms with E-state index in [0.717, 1.165) is 11.1 Å². The Bertz CT molecular complexity index is 666. The normalized spacial score (nSPS) is 20.8. The summed E-state index contributed by atoms with van der Waals surface area (Å²) in [5, 5.41) is 0. The van der Waals surface area contributed by atoms with Crippen molar-refractivity contribution in [3.63, 3.8) is 0 Å². The van der Waals surface area contributed by atoms with Crippen LogP contribution >= 0.6 is 0 Å². The molecule has 4 nitrogen and oxygen atoms in total. The van der Waals surface area contributed by atoms with Gasteiger partial charge >= 0.3 is 0 Å². The molecule has 3 rings (SSSR count). The van der Waals surface area contributed by atoms with Gasteiger partial charge in [-0.3, -0.25) is 9.59 Å². The summed E-state index contributed by atoms with van der Waals surface area (Å²) in [7, 11) is 0. The van der Waals surface area contributed by atoms with Gasteiger partial charge in [-0.2, -0.15) is 0 Å². The molecule has 0 radical (unpaired) electrons. The van der Waals surface area contributed by atoms with Crippen LogP contribution in [0.5, 0.6) is 11.5 Å². The molecule has 1 fully saturated rings. The molecule has 4 heteroatoms. The lowest BCUT2D eigenvalue weighted by atomic mass is 9.92. The second-order valence-electron chi connectivity index (χ2n) is 6.18. The zero-order chi connectivity index (χ0) is 17.1. The largest absolute Gasteiger partial charge is 0.482 e. The maximum absolute atomic E-state index is 12.3. The fraction of sp³-hybridized carbons (Fsp3) is 0.300. The molecule has 0 bridgehead atoms. The number of carbonyl (C=O) groups excluding carboxylic acids is 2. The van der Waals surface area contributed by atoms with Crippen LogP contribution in [0, 0.1) is 13.8 Å². The van der Waals surface area contributed by atoms with Gasteiger partial charge in [-0.05, 0) is 38.1 Å². The summed E-state index contributed by atoms with van der Waals surface area (Å²) in [5.74, 6) is 0.994. The van der Waals surface area contributed by atoms with Gasteiger partial charge in [-0.25, -0.2) is 0 Å². The summed E-state index contributed by atoms with van der Waals surface area (Å²) in [6, 6.07) is 14.9. The van der Waals surface area contributed by atoms with Crippen molar-refractivity contribution in [3.05, 3.63) is 59.7 Å². The van der Waals surface area contributed by atoms with E-state index in [1.165, 1.54) is 0 Å². The van der Waals surface area contributed by atoms with Crippen LogP contribution in [-0.2, 0) is 9.59 Å². The lowest BCUT2D eigenvalue weighted by Gasteiger charge is -2.27. The predicted molar refractivity (Wildman–Crippen MR) is 90.4 cm³/mol. The molecular weight excluding hydrogens is 304 g/mol. The summed E-state index contributed by atoms with van der Waals surface area (Å²) < 4.78 is 11.4. The molecule has 2 atom stereocenters. The number of benzene rings is 2. The molecule has 2 aromatic rings. The minimum Gasteiger partial charge on any atom is -0.482 e. The van der Waals surface area contributed by atoms with Crippen molar-refractivity contribution < 1.29 is 19.1 Å². The first-order chi connectivity index (χ1) is 11.5. The Morgan fingerprint density at radius 2 is 1.00 bits per heavy atom. The van der Waals surface area contributed by atoms with Gasteiger partial charge in [0.1, 0.15) is 11.5 Å². The minimum absolute atomic E-state index is 0.0449. The number of rotatable bonds is 4. The first-order valence-electron chi connectivity index (χ1n) is 8.03. The van der Waals surface area contributed by atoms with E-state index in [-0.39, 0.29) is 24.4 Å². The molecule has 0 aliphatic heterocycles. The molecule has 2 aromatic carbocycles. The average Bonchev–Trinajstić information content (AvgIpc) is 2.56.